The summed E-state index contributed by atoms with van der Waals surface area (Å²) in [6, 6.07) is 7.66. The van der Waals surface area contributed by atoms with Crippen LogP contribution >= 0.6 is 11.6 Å². The van der Waals surface area contributed by atoms with Crippen molar-refractivity contribution in [2.24, 2.45) is 5.92 Å². The third-order valence-corrected chi connectivity index (χ3v) is 3.61. The lowest BCUT2D eigenvalue weighted by molar-refractivity contribution is -0.107. The van der Waals surface area contributed by atoms with Crippen LogP contribution in [0.3, 0.4) is 0 Å². The van der Waals surface area contributed by atoms with Crippen LogP contribution in [0.25, 0.3) is 6.08 Å². The zero-order chi connectivity index (χ0) is 14.8. The fraction of sp³-hybridized carbons (Fsp3) is 0.471. The second-order valence-electron chi connectivity index (χ2n) is 4.85. The van der Waals surface area contributed by atoms with Crippen molar-refractivity contribution in [3.63, 3.8) is 0 Å². The highest BCUT2D eigenvalue weighted by Crippen LogP contribution is 2.21. The number of para-hydroxylation sites is 1. The van der Waals surface area contributed by atoms with E-state index in [1.807, 2.05) is 24.3 Å². The number of allylic oxidation sites excluding steroid dienone is 1. The van der Waals surface area contributed by atoms with Gasteiger partial charge in [-0.3, -0.25) is 4.79 Å². The molecule has 0 heterocycles. The lowest BCUT2D eigenvalue weighted by Crippen LogP contribution is -2.03. The maximum atomic E-state index is 10.8. The van der Waals surface area contributed by atoms with Crippen molar-refractivity contribution in [3.05, 3.63) is 35.9 Å². The molecule has 110 valence electrons. The minimum atomic E-state index is -0.478. The van der Waals surface area contributed by atoms with Gasteiger partial charge in [-0.2, -0.15) is 0 Å². The van der Waals surface area contributed by atoms with Crippen LogP contribution in [0, 0.1) is 5.92 Å². The van der Waals surface area contributed by atoms with Gasteiger partial charge in [-0.1, -0.05) is 44.9 Å². The quantitative estimate of drug-likeness (QED) is 0.361. The Kier molecular flexibility index (Phi) is 8.05. The van der Waals surface area contributed by atoms with E-state index in [0.717, 1.165) is 23.7 Å². The van der Waals surface area contributed by atoms with Gasteiger partial charge >= 0.3 is 0 Å². The predicted octanol–water partition coefficient (Wildman–Crippen LogP) is 5.06. The number of carbonyl (C=O) groups is 1. The number of hydrogen-bond acceptors (Lipinski definition) is 2. The molecule has 2 nitrogen and oxygen atoms in total. The highest BCUT2D eigenvalue weighted by Gasteiger charge is 2.04. The highest BCUT2D eigenvalue weighted by atomic mass is 35.5. The van der Waals surface area contributed by atoms with Crippen molar-refractivity contribution in [3.8, 4) is 5.75 Å². The lowest BCUT2D eigenvalue weighted by Gasteiger charge is -2.13. The summed E-state index contributed by atoms with van der Waals surface area (Å²) >= 11 is 5.31. The maximum absolute atomic E-state index is 10.8. The molecule has 0 amide bonds. The second-order valence-corrected chi connectivity index (χ2v) is 5.22. The average Bonchev–Trinajstić information content (AvgIpc) is 2.46. The minimum absolute atomic E-state index is 0.478. The standard InChI is InChI=1S/C17H23ClO2/c1-3-14(4-2)8-7-13-20-16-10-6-5-9-15(16)11-12-17(18)19/h5-6,9-12,14H,3-4,7-8,13H2,1-2H3/b12-11+. The van der Waals surface area contributed by atoms with Crippen molar-refractivity contribution in [1.29, 1.82) is 0 Å². The van der Waals surface area contributed by atoms with E-state index in [9.17, 15) is 4.79 Å². The topological polar surface area (TPSA) is 26.3 Å². The van der Waals surface area contributed by atoms with E-state index in [1.54, 1.807) is 6.08 Å². The second kappa shape index (κ2) is 9.60. The van der Waals surface area contributed by atoms with Crippen LogP contribution in [0.5, 0.6) is 5.75 Å². The summed E-state index contributed by atoms with van der Waals surface area (Å²) in [5.74, 6) is 1.59. The molecule has 0 atom stereocenters. The van der Waals surface area contributed by atoms with E-state index in [1.165, 1.54) is 25.3 Å². The fourth-order valence-corrected chi connectivity index (χ4v) is 2.22. The largest absolute Gasteiger partial charge is 0.493 e. The number of carbonyl (C=O) groups excluding carboxylic acids is 1. The molecule has 0 saturated carbocycles. The predicted molar refractivity (Wildman–Crippen MR) is 85.1 cm³/mol. The van der Waals surface area contributed by atoms with Crippen LogP contribution in [0.2, 0.25) is 0 Å². The van der Waals surface area contributed by atoms with Gasteiger partial charge in [-0.15, -0.1) is 0 Å². The van der Waals surface area contributed by atoms with Crippen molar-refractivity contribution in [1.82, 2.24) is 0 Å². The van der Waals surface area contributed by atoms with Gasteiger partial charge in [0.1, 0.15) is 5.75 Å². The van der Waals surface area contributed by atoms with E-state index < -0.39 is 5.24 Å². The summed E-state index contributed by atoms with van der Waals surface area (Å²) in [6.45, 7) is 5.17. The Morgan fingerprint density at radius 1 is 1.30 bits per heavy atom. The highest BCUT2D eigenvalue weighted by molar-refractivity contribution is 6.66. The SMILES string of the molecule is CCC(CC)CCCOc1ccccc1/C=C/C(=O)Cl. The fourth-order valence-electron chi connectivity index (χ4n) is 2.16. The molecule has 0 aliphatic heterocycles. The Morgan fingerprint density at radius 3 is 2.65 bits per heavy atom. The first-order valence-electron chi connectivity index (χ1n) is 7.26. The van der Waals surface area contributed by atoms with Gasteiger partial charge in [0.05, 0.1) is 6.61 Å². The normalized spacial score (nSPS) is 11.2. The van der Waals surface area contributed by atoms with Crippen molar-refractivity contribution in [2.75, 3.05) is 6.61 Å². The smallest absolute Gasteiger partial charge is 0.245 e. The van der Waals surface area contributed by atoms with Crippen LogP contribution in [-0.2, 0) is 4.79 Å². The molecule has 0 saturated heterocycles. The number of benzene rings is 1. The number of halogens is 1. The van der Waals surface area contributed by atoms with Crippen LogP contribution in [0.15, 0.2) is 30.3 Å². The van der Waals surface area contributed by atoms with Crippen LogP contribution in [0.4, 0.5) is 0 Å². The van der Waals surface area contributed by atoms with Crippen molar-refractivity contribution >= 4 is 22.9 Å². The van der Waals surface area contributed by atoms with Crippen LogP contribution in [-0.4, -0.2) is 11.8 Å². The molecule has 0 aliphatic carbocycles. The Balaban J connectivity index is 2.49. The molecule has 0 aliphatic rings. The first kappa shape index (κ1) is 16.8. The molecule has 1 aromatic rings. The Morgan fingerprint density at radius 2 is 2.00 bits per heavy atom. The molecule has 0 unspecified atom stereocenters. The average molecular weight is 295 g/mol. The number of hydrogen-bond donors (Lipinski definition) is 0. The first-order chi connectivity index (χ1) is 9.67. The van der Waals surface area contributed by atoms with Gasteiger partial charge in [0.25, 0.3) is 0 Å². The molecular weight excluding hydrogens is 272 g/mol. The van der Waals surface area contributed by atoms with Crippen molar-refractivity contribution < 1.29 is 9.53 Å². The first-order valence-corrected chi connectivity index (χ1v) is 7.64. The van der Waals surface area contributed by atoms with E-state index in [4.69, 9.17) is 16.3 Å². The summed E-state index contributed by atoms with van der Waals surface area (Å²) < 4.78 is 5.80. The number of rotatable bonds is 9. The molecule has 1 aromatic carbocycles. The minimum Gasteiger partial charge on any atom is -0.493 e. The molecule has 0 N–H and O–H groups in total. The van der Waals surface area contributed by atoms with E-state index in [0.29, 0.717) is 6.61 Å². The molecule has 0 bridgehead atoms. The van der Waals surface area contributed by atoms with Gasteiger partial charge in [-0.25, -0.2) is 0 Å². The molecule has 0 fully saturated rings. The summed E-state index contributed by atoms with van der Waals surface area (Å²) in [4.78, 5) is 10.8. The van der Waals surface area contributed by atoms with E-state index in [2.05, 4.69) is 13.8 Å². The third kappa shape index (κ3) is 6.25. The summed E-state index contributed by atoms with van der Waals surface area (Å²) in [6.07, 6.45) is 7.74. The van der Waals surface area contributed by atoms with Gasteiger partial charge in [-0.05, 0) is 48.6 Å². The Bertz CT molecular complexity index is 436. The molecule has 0 spiro atoms. The van der Waals surface area contributed by atoms with Crippen molar-refractivity contribution in [2.45, 2.75) is 39.5 Å². The molecular formula is C17H23ClO2. The molecule has 0 aromatic heterocycles. The summed E-state index contributed by atoms with van der Waals surface area (Å²) in [5, 5.41) is -0.478. The number of ether oxygens (including phenoxy) is 1. The molecule has 20 heavy (non-hydrogen) atoms. The third-order valence-electron chi connectivity index (χ3n) is 3.48. The van der Waals surface area contributed by atoms with Gasteiger partial charge in [0.15, 0.2) is 0 Å². The maximum Gasteiger partial charge on any atom is 0.245 e. The molecule has 1 rings (SSSR count). The van der Waals surface area contributed by atoms with Gasteiger partial charge in [0, 0.05) is 5.56 Å². The zero-order valence-electron chi connectivity index (χ0n) is 12.3. The Labute approximate surface area is 126 Å². The van der Waals surface area contributed by atoms with E-state index in [-0.39, 0.29) is 0 Å². The lowest BCUT2D eigenvalue weighted by atomic mass is 9.98. The summed E-state index contributed by atoms with van der Waals surface area (Å²) in [5.41, 5.74) is 0.879. The van der Waals surface area contributed by atoms with Gasteiger partial charge < -0.3 is 4.74 Å². The molecule has 0 radical (unpaired) electrons. The zero-order valence-corrected chi connectivity index (χ0v) is 13.0. The summed E-state index contributed by atoms with van der Waals surface area (Å²) in [7, 11) is 0. The van der Waals surface area contributed by atoms with E-state index >= 15 is 0 Å². The Hall–Kier alpha value is -1.28. The van der Waals surface area contributed by atoms with Crippen LogP contribution in [0.1, 0.15) is 45.1 Å². The molecule has 3 heteroatoms. The monoisotopic (exact) mass is 294 g/mol. The van der Waals surface area contributed by atoms with Gasteiger partial charge in [0.2, 0.25) is 5.24 Å². The van der Waals surface area contributed by atoms with Crippen LogP contribution < -0.4 is 4.74 Å².